The number of aliphatic hydroxyl groups excluding tert-OH is 1. The summed E-state index contributed by atoms with van der Waals surface area (Å²) in [5, 5.41) is 9.61. The van der Waals surface area contributed by atoms with Crippen LogP contribution in [0.5, 0.6) is 0 Å². The zero-order chi connectivity index (χ0) is 11.8. The third kappa shape index (κ3) is 4.94. The monoisotopic (exact) mass is 222 g/mol. The summed E-state index contributed by atoms with van der Waals surface area (Å²) in [5.41, 5.74) is 1.17. The van der Waals surface area contributed by atoms with Gasteiger partial charge in [0.15, 0.2) is 0 Å². The van der Waals surface area contributed by atoms with E-state index in [1.807, 2.05) is 30.3 Å². The van der Waals surface area contributed by atoms with Gasteiger partial charge in [-0.25, -0.2) is 0 Å². The van der Waals surface area contributed by atoms with Crippen molar-refractivity contribution in [2.75, 3.05) is 6.61 Å². The van der Waals surface area contributed by atoms with E-state index in [2.05, 4.69) is 0 Å². The van der Waals surface area contributed by atoms with Crippen molar-refractivity contribution in [2.45, 2.75) is 32.3 Å². The van der Waals surface area contributed by atoms with E-state index in [1.54, 1.807) is 6.92 Å². The molecule has 0 heterocycles. The van der Waals surface area contributed by atoms with Crippen LogP contribution in [0.15, 0.2) is 30.3 Å². The van der Waals surface area contributed by atoms with Gasteiger partial charge in [-0.1, -0.05) is 30.3 Å². The lowest BCUT2D eigenvalue weighted by molar-refractivity contribution is -0.145. The molecule has 0 radical (unpaired) electrons. The molecule has 1 N–H and O–H groups in total. The van der Waals surface area contributed by atoms with Crippen molar-refractivity contribution in [3.8, 4) is 0 Å². The van der Waals surface area contributed by atoms with Gasteiger partial charge >= 0.3 is 5.97 Å². The van der Waals surface area contributed by atoms with Crippen molar-refractivity contribution >= 4 is 5.97 Å². The predicted molar refractivity (Wildman–Crippen MR) is 62.0 cm³/mol. The minimum absolute atomic E-state index is 0.0840. The van der Waals surface area contributed by atoms with Crippen LogP contribution in [0.3, 0.4) is 0 Å². The fourth-order valence-corrected chi connectivity index (χ4v) is 1.49. The van der Waals surface area contributed by atoms with E-state index in [1.165, 1.54) is 5.56 Å². The van der Waals surface area contributed by atoms with Crippen LogP contribution in [0.1, 0.15) is 25.3 Å². The average Bonchev–Trinajstić information content (AvgIpc) is 2.28. The average molecular weight is 222 g/mol. The van der Waals surface area contributed by atoms with Gasteiger partial charge in [0.25, 0.3) is 0 Å². The highest BCUT2D eigenvalue weighted by atomic mass is 16.5. The molecule has 0 spiro atoms. The molecule has 1 aromatic rings. The normalized spacial score (nSPS) is 12.1. The van der Waals surface area contributed by atoms with Crippen LogP contribution >= 0.6 is 0 Å². The largest absolute Gasteiger partial charge is 0.466 e. The van der Waals surface area contributed by atoms with Crippen LogP contribution in [-0.2, 0) is 16.0 Å². The first kappa shape index (κ1) is 12.7. The summed E-state index contributed by atoms with van der Waals surface area (Å²) in [6, 6.07) is 9.91. The van der Waals surface area contributed by atoms with Crippen molar-refractivity contribution in [1.29, 1.82) is 0 Å². The summed E-state index contributed by atoms with van der Waals surface area (Å²) in [7, 11) is 0. The Hall–Kier alpha value is -1.35. The Kier molecular flexibility index (Phi) is 5.57. The fraction of sp³-hybridized carbons (Fsp3) is 0.462. The molecule has 88 valence electrons. The molecule has 0 aliphatic heterocycles. The summed E-state index contributed by atoms with van der Waals surface area (Å²) < 4.78 is 4.77. The molecule has 3 nitrogen and oxygen atoms in total. The van der Waals surface area contributed by atoms with Gasteiger partial charge in [-0.3, -0.25) is 4.79 Å². The van der Waals surface area contributed by atoms with Gasteiger partial charge in [0.2, 0.25) is 0 Å². The van der Waals surface area contributed by atoms with Crippen molar-refractivity contribution < 1.29 is 14.6 Å². The minimum atomic E-state index is -0.612. The molecule has 3 heteroatoms. The highest BCUT2D eigenvalue weighted by Gasteiger charge is 2.11. The Morgan fingerprint density at radius 1 is 1.38 bits per heavy atom. The highest BCUT2D eigenvalue weighted by Crippen LogP contribution is 2.07. The molecule has 0 amide bonds. The number of aliphatic hydroxyl groups is 1. The zero-order valence-corrected chi connectivity index (χ0v) is 9.56. The Balaban J connectivity index is 2.25. The molecule has 0 bridgehead atoms. The quantitative estimate of drug-likeness (QED) is 0.748. The van der Waals surface area contributed by atoms with Crippen LogP contribution in [0.25, 0.3) is 0 Å². The van der Waals surface area contributed by atoms with Gasteiger partial charge in [0.1, 0.15) is 0 Å². The lowest BCUT2D eigenvalue weighted by Crippen LogP contribution is -2.16. The number of hydrogen-bond acceptors (Lipinski definition) is 3. The van der Waals surface area contributed by atoms with Gasteiger partial charge < -0.3 is 9.84 Å². The molecule has 16 heavy (non-hydrogen) atoms. The van der Waals surface area contributed by atoms with Crippen LogP contribution in [0.2, 0.25) is 0 Å². The Morgan fingerprint density at radius 2 is 2.06 bits per heavy atom. The number of hydrogen-bond donors (Lipinski definition) is 1. The highest BCUT2D eigenvalue weighted by molar-refractivity contribution is 5.69. The van der Waals surface area contributed by atoms with Crippen molar-refractivity contribution in [2.24, 2.45) is 0 Å². The first-order valence-electron chi connectivity index (χ1n) is 5.60. The second-order valence-corrected chi connectivity index (χ2v) is 3.69. The molecule has 1 rings (SSSR count). The molecule has 1 atom stereocenters. The second-order valence-electron chi connectivity index (χ2n) is 3.69. The minimum Gasteiger partial charge on any atom is -0.466 e. The van der Waals surface area contributed by atoms with Gasteiger partial charge in [0, 0.05) is 0 Å². The number of benzene rings is 1. The van der Waals surface area contributed by atoms with E-state index in [0.29, 0.717) is 13.0 Å². The van der Waals surface area contributed by atoms with Crippen LogP contribution in [0.4, 0.5) is 0 Å². The maximum absolute atomic E-state index is 11.1. The Labute approximate surface area is 96.1 Å². The summed E-state index contributed by atoms with van der Waals surface area (Å²) in [6.45, 7) is 2.12. The van der Waals surface area contributed by atoms with Crippen molar-refractivity contribution in [3.63, 3.8) is 0 Å². The molecule has 0 aromatic heterocycles. The summed E-state index contributed by atoms with van der Waals surface area (Å²) in [6.07, 6.45) is 0.838. The number of carbonyl (C=O) groups excluding carboxylic acids is 1. The molecular formula is C13H18O3. The number of aryl methyl sites for hydroxylation is 1. The molecular weight excluding hydrogens is 204 g/mol. The lowest BCUT2D eigenvalue weighted by atomic mass is 10.1. The number of ether oxygens (including phenoxy) is 1. The zero-order valence-electron chi connectivity index (χ0n) is 9.56. The summed E-state index contributed by atoms with van der Waals surface area (Å²) >= 11 is 0. The molecule has 0 saturated heterocycles. The van der Waals surface area contributed by atoms with E-state index in [0.717, 1.165) is 6.42 Å². The van der Waals surface area contributed by atoms with E-state index >= 15 is 0 Å². The molecule has 0 saturated carbocycles. The van der Waals surface area contributed by atoms with Crippen LogP contribution in [0, 0.1) is 0 Å². The molecule has 0 aliphatic rings. The Morgan fingerprint density at radius 3 is 2.69 bits per heavy atom. The first-order valence-corrected chi connectivity index (χ1v) is 5.60. The number of carbonyl (C=O) groups is 1. The summed E-state index contributed by atoms with van der Waals surface area (Å²) in [5.74, 6) is -0.330. The van der Waals surface area contributed by atoms with Gasteiger partial charge in [-0.05, 0) is 25.3 Å². The summed E-state index contributed by atoms with van der Waals surface area (Å²) in [4.78, 5) is 11.1. The fourth-order valence-electron chi connectivity index (χ4n) is 1.49. The molecule has 1 aromatic carbocycles. The van der Waals surface area contributed by atoms with E-state index in [-0.39, 0.29) is 12.4 Å². The molecule has 0 fully saturated rings. The molecule has 1 unspecified atom stereocenters. The van der Waals surface area contributed by atoms with Gasteiger partial charge in [0.05, 0.1) is 19.1 Å². The Bertz CT molecular complexity index is 308. The van der Waals surface area contributed by atoms with E-state index in [9.17, 15) is 9.90 Å². The third-order valence-electron chi connectivity index (χ3n) is 2.32. The van der Waals surface area contributed by atoms with Crippen LogP contribution in [-0.4, -0.2) is 23.8 Å². The number of rotatable bonds is 6. The second kappa shape index (κ2) is 7.01. The van der Waals surface area contributed by atoms with Crippen LogP contribution < -0.4 is 0 Å². The van der Waals surface area contributed by atoms with E-state index < -0.39 is 6.10 Å². The smallest absolute Gasteiger partial charge is 0.308 e. The predicted octanol–water partition coefficient (Wildman–Crippen LogP) is 1.93. The third-order valence-corrected chi connectivity index (χ3v) is 2.32. The van der Waals surface area contributed by atoms with E-state index in [4.69, 9.17) is 4.74 Å². The van der Waals surface area contributed by atoms with Crippen molar-refractivity contribution in [1.82, 2.24) is 0 Å². The maximum atomic E-state index is 11.1. The standard InChI is InChI=1S/C13H18O3/c1-2-16-13(15)10-12(14)9-8-11-6-4-3-5-7-11/h3-7,12,14H,2,8-10H2,1H3. The number of esters is 1. The van der Waals surface area contributed by atoms with Gasteiger partial charge in [-0.15, -0.1) is 0 Å². The SMILES string of the molecule is CCOC(=O)CC(O)CCc1ccccc1. The van der Waals surface area contributed by atoms with Crippen molar-refractivity contribution in [3.05, 3.63) is 35.9 Å². The first-order chi connectivity index (χ1) is 7.72. The topological polar surface area (TPSA) is 46.5 Å². The van der Waals surface area contributed by atoms with Gasteiger partial charge in [-0.2, -0.15) is 0 Å². The maximum Gasteiger partial charge on any atom is 0.308 e. The molecule has 0 aliphatic carbocycles. The lowest BCUT2D eigenvalue weighted by Gasteiger charge is -2.09.